The van der Waals surface area contributed by atoms with E-state index in [2.05, 4.69) is 30.1 Å². The number of hydrogen-bond acceptors (Lipinski definition) is 11. The third-order valence-corrected chi connectivity index (χ3v) is 8.49. The summed E-state index contributed by atoms with van der Waals surface area (Å²) in [5.74, 6) is 1.95. The molecule has 2 aromatic rings. The molecule has 11 nitrogen and oxygen atoms in total. The molecule has 47 heavy (non-hydrogen) atoms. The van der Waals surface area contributed by atoms with Crippen LogP contribution in [0.4, 0.5) is 0 Å². The van der Waals surface area contributed by atoms with Crippen LogP contribution >= 0.6 is 11.8 Å². The van der Waals surface area contributed by atoms with Crippen molar-refractivity contribution in [2.75, 3.05) is 59.6 Å². The molecule has 1 aromatic heterocycles. The van der Waals surface area contributed by atoms with Crippen molar-refractivity contribution in [3.8, 4) is 11.5 Å². The van der Waals surface area contributed by atoms with Crippen molar-refractivity contribution in [1.82, 2.24) is 25.1 Å². The van der Waals surface area contributed by atoms with E-state index in [0.29, 0.717) is 30.3 Å². The van der Waals surface area contributed by atoms with Crippen LogP contribution in [0.2, 0.25) is 0 Å². The summed E-state index contributed by atoms with van der Waals surface area (Å²) in [5.41, 5.74) is 1.18. The maximum absolute atomic E-state index is 10.3. The normalized spacial score (nSPS) is 16.0. The monoisotopic (exact) mass is 665 g/mol. The van der Waals surface area contributed by atoms with E-state index in [-0.39, 0.29) is 18.2 Å². The first-order valence-corrected chi connectivity index (χ1v) is 16.8. The number of aliphatic imine (C=N–C) groups is 1. The maximum atomic E-state index is 10.3. The summed E-state index contributed by atoms with van der Waals surface area (Å²) in [7, 11) is 1.63. The highest BCUT2D eigenvalue weighted by Crippen LogP contribution is 2.40. The Balaban J connectivity index is 1.84. The average Bonchev–Trinajstić information content (AvgIpc) is 3.03. The van der Waals surface area contributed by atoms with E-state index in [0.717, 1.165) is 65.7 Å². The van der Waals surface area contributed by atoms with Crippen LogP contribution in [0, 0.1) is 17.7 Å². The van der Waals surface area contributed by atoms with Gasteiger partial charge < -0.3 is 25.0 Å². The molecule has 0 atom stereocenters. The van der Waals surface area contributed by atoms with Gasteiger partial charge in [-0.15, -0.1) is 0 Å². The number of nitrogens with one attached hydrogen (secondary N) is 2. The van der Waals surface area contributed by atoms with Crippen LogP contribution < -0.4 is 14.8 Å². The Hall–Kier alpha value is -3.71. The molecule has 4 N–H and O–H groups in total. The van der Waals surface area contributed by atoms with Crippen LogP contribution in [-0.2, 0) is 0 Å². The fraction of sp³-hybridized carbons (Fsp3) is 0.486. The van der Waals surface area contributed by atoms with Gasteiger partial charge in [-0.2, -0.15) is 0 Å². The first kappa shape index (κ1) is 37.7. The summed E-state index contributed by atoms with van der Waals surface area (Å²) in [4.78, 5) is 19.3. The van der Waals surface area contributed by atoms with Crippen molar-refractivity contribution in [2.45, 2.75) is 53.0 Å². The molecule has 0 spiro atoms. The molecule has 1 fully saturated rings. The SMILES string of the molecule is C\C=C/C=C(\C=N/C(=C/CC)NC(=N)/C=C(\O)C(C)(C)C)Sc1ncnc2cc(OC)c(OCCN3CCN(CCO)CC3)c(C)c12. The highest BCUT2D eigenvalue weighted by atomic mass is 32.2. The molecule has 0 bridgehead atoms. The lowest BCUT2D eigenvalue weighted by Gasteiger charge is -2.34. The Kier molecular flexibility index (Phi) is 14.9. The number of fused-ring (bicyclic) bond motifs is 1. The Morgan fingerprint density at radius 3 is 2.49 bits per heavy atom. The summed E-state index contributed by atoms with van der Waals surface area (Å²) >= 11 is 1.46. The quantitative estimate of drug-likeness (QED) is 0.0457. The summed E-state index contributed by atoms with van der Waals surface area (Å²) in [6.45, 7) is 17.6. The number of benzene rings is 1. The third kappa shape index (κ3) is 11.5. The zero-order valence-corrected chi connectivity index (χ0v) is 29.7. The van der Waals surface area contributed by atoms with Gasteiger partial charge in [0.2, 0.25) is 0 Å². The molecule has 256 valence electrons. The van der Waals surface area contributed by atoms with Gasteiger partial charge in [0, 0.05) is 78.9 Å². The summed E-state index contributed by atoms with van der Waals surface area (Å²) in [6.07, 6.45) is 13.1. The molecule has 1 aliphatic rings. The van der Waals surface area contributed by atoms with E-state index in [1.165, 1.54) is 17.8 Å². The molecule has 1 aromatic carbocycles. The van der Waals surface area contributed by atoms with Gasteiger partial charge in [-0.25, -0.2) is 15.0 Å². The first-order chi connectivity index (χ1) is 22.5. The largest absolute Gasteiger partial charge is 0.512 e. The molecule has 0 saturated carbocycles. The topological polar surface area (TPSA) is 139 Å². The van der Waals surface area contributed by atoms with Crippen LogP contribution in [-0.4, -0.2) is 102 Å². The van der Waals surface area contributed by atoms with Crippen molar-refractivity contribution >= 4 is 34.7 Å². The number of piperazine rings is 1. The molecule has 3 rings (SSSR count). The molecule has 1 aliphatic heterocycles. The Morgan fingerprint density at radius 2 is 1.87 bits per heavy atom. The zero-order chi connectivity index (χ0) is 34.4. The fourth-order valence-corrected chi connectivity index (χ4v) is 5.73. The highest BCUT2D eigenvalue weighted by Gasteiger charge is 2.20. The van der Waals surface area contributed by atoms with Crippen molar-refractivity contribution in [3.63, 3.8) is 0 Å². The second kappa shape index (κ2) is 18.6. The average molecular weight is 666 g/mol. The number of aliphatic hydroxyl groups excluding tert-OH is 2. The van der Waals surface area contributed by atoms with E-state index >= 15 is 0 Å². The van der Waals surface area contributed by atoms with Crippen LogP contribution in [0.1, 0.15) is 46.6 Å². The smallest absolute Gasteiger partial charge is 0.164 e. The minimum absolute atomic E-state index is 0.0452. The van der Waals surface area contributed by atoms with E-state index in [1.54, 1.807) is 19.7 Å². The van der Waals surface area contributed by atoms with Crippen LogP contribution in [0.5, 0.6) is 11.5 Å². The number of thioether (sulfide) groups is 1. The van der Waals surface area contributed by atoms with Crippen molar-refractivity contribution < 1.29 is 19.7 Å². The maximum Gasteiger partial charge on any atom is 0.164 e. The minimum Gasteiger partial charge on any atom is -0.512 e. The van der Waals surface area contributed by atoms with Crippen LogP contribution in [0.15, 0.2) is 69.3 Å². The standard InChI is InChI=1S/C35H51N7O4S/c1-8-10-12-26(23-37-31(11-9-2)40-30(36)22-29(44)35(4,5)6)47-34-32-25(3)33(28(45-7)21-27(32)38-24-39-34)46-20-18-42-15-13-41(14-16-42)17-19-43/h8,10-12,21-24,43-44H,9,13-20H2,1-7H3,(H2,36,40)/b10-8-,26-12+,29-22-,31-11-,37-23-. The van der Waals surface area contributed by atoms with E-state index < -0.39 is 5.41 Å². The zero-order valence-electron chi connectivity index (χ0n) is 28.8. The van der Waals surface area contributed by atoms with Gasteiger partial charge in [-0.1, -0.05) is 51.6 Å². The number of β-amino-alcohol motifs (C(OH)–C–C–N with tert-alkyl or cyclic N) is 1. The highest BCUT2D eigenvalue weighted by molar-refractivity contribution is 8.04. The van der Waals surface area contributed by atoms with Crippen LogP contribution in [0.25, 0.3) is 10.9 Å². The molecular formula is C35H51N7O4S. The Morgan fingerprint density at radius 1 is 1.17 bits per heavy atom. The minimum atomic E-state index is -0.463. The number of allylic oxidation sites excluding steroid dienone is 6. The van der Waals surface area contributed by atoms with E-state index in [9.17, 15) is 10.2 Å². The van der Waals surface area contributed by atoms with E-state index in [1.807, 2.05) is 71.9 Å². The third-order valence-electron chi connectivity index (χ3n) is 7.51. The number of nitrogens with zero attached hydrogens (tertiary/aromatic N) is 5. The predicted molar refractivity (Wildman–Crippen MR) is 193 cm³/mol. The van der Waals surface area contributed by atoms with Crippen LogP contribution in [0.3, 0.4) is 0 Å². The second-order valence-corrected chi connectivity index (χ2v) is 13.2. The molecular weight excluding hydrogens is 614 g/mol. The predicted octanol–water partition coefficient (Wildman–Crippen LogP) is 5.86. The number of ether oxygens (including phenoxy) is 2. The second-order valence-electron chi connectivity index (χ2n) is 12.1. The summed E-state index contributed by atoms with van der Waals surface area (Å²) < 4.78 is 12.1. The lowest BCUT2D eigenvalue weighted by atomic mass is 9.93. The number of rotatable bonds is 15. The van der Waals surface area contributed by atoms with Gasteiger partial charge in [-0.05, 0) is 32.4 Å². The number of aromatic nitrogens is 2. The molecule has 0 amide bonds. The Bertz CT molecular complexity index is 1500. The number of methoxy groups -OCH3 is 1. The van der Waals surface area contributed by atoms with Gasteiger partial charge >= 0.3 is 0 Å². The van der Waals surface area contributed by atoms with Gasteiger partial charge in [0.1, 0.15) is 35.4 Å². The molecule has 0 radical (unpaired) electrons. The first-order valence-electron chi connectivity index (χ1n) is 16.0. The van der Waals surface area contributed by atoms with Gasteiger partial charge in [0.05, 0.1) is 19.2 Å². The van der Waals surface area contributed by atoms with Crippen molar-refractivity contribution in [3.05, 3.63) is 64.8 Å². The lowest BCUT2D eigenvalue weighted by molar-refractivity contribution is 0.101. The summed E-state index contributed by atoms with van der Waals surface area (Å²) in [6, 6.07) is 1.89. The lowest BCUT2D eigenvalue weighted by Crippen LogP contribution is -2.48. The van der Waals surface area contributed by atoms with Gasteiger partial charge in [0.15, 0.2) is 11.5 Å². The Labute approximate surface area is 283 Å². The summed E-state index contributed by atoms with van der Waals surface area (Å²) in [5, 5.41) is 32.5. The van der Waals surface area contributed by atoms with Crippen molar-refractivity contribution in [2.24, 2.45) is 10.4 Å². The molecule has 0 aliphatic carbocycles. The van der Waals surface area contributed by atoms with E-state index in [4.69, 9.17) is 14.9 Å². The molecule has 0 unspecified atom stereocenters. The van der Waals surface area contributed by atoms with Gasteiger partial charge in [0.25, 0.3) is 0 Å². The number of aryl methyl sites for hydroxylation is 1. The number of hydrogen-bond donors (Lipinski definition) is 4. The number of amidine groups is 1. The van der Waals surface area contributed by atoms with Crippen molar-refractivity contribution in [1.29, 1.82) is 5.41 Å². The number of aliphatic hydroxyl groups is 2. The molecule has 12 heteroatoms. The fourth-order valence-electron chi connectivity index (χ4n) is 4.79. The molecule has 1 saturated heterocycles. The van der Waals surface area contributed by atoms with Gasteiger partial charge in [-0.3, -0.25) is 15.2 Å². The molecule has 2 heterocycles.